The quantitative estimate of drug-likeness (QED) is 0.655. The molecule has 3 nitrogen and oxygen atoms in total. The van der Waals surface area contributed by atoms with Crippen molar-refractivity contribution in [3.8, 4) is 0 Å². The van der Waals surface area contributed by atoms with E-state index in [-0.39, 0.29) is 5.72 Å². The third kappa shape index (κ3) is 2.35. The van der Waals surface area contributed by atoms with Crippen LogP contribution in [0, 0.1) is 11.3 Å². The molecule has 88 valence electrons. The highest BCUT2D eigenvalue weighted by molar-refractivity contribution is 4.93. The first-order valence-corrected chi connectivity index (χ1v) is 5.99. The minimum Gasteiger partial charge on any atom is -0.359 e. The van der Waals surface area contributed by atoms with Crippen molar-refractivity contribution in [3.63, 3.8) is 0 Å². The highest BCUT2D eigenvalue weighted by Gasteiger charge is 2.42. The lowest BCUT2D eigenvalue weighted by Crippen LogP contribution is -2.58. The van der Waals surface area contributed by atoms with Gasteiger partial charge in [0.05, 0.1) is 6.61 Å². The van der Waals surface area contributed by atoms with Crippen molar-refractivity contribution < 1.29 is 4.74 Å². The van der Waals surface area contributed by atoms with Gasteiger partial charge in [-0.2, -0.15) is 0 Å². The van der Waals surface area contributed by atoms with Crippen LogP contribution in [0.25, 0.3) is 0 Å². The Balaban J connectivity index is 1.92. The lowest BCUT2D eigenvalue weighted by atomic mass is 9.80. The number of hydrogen-bond donors (Lipinski definition) is 1. The average Bonchev–Trinajstić information content (AvgIpc) is 2.47. The van der Waals surface area contributed by atoms with Gasteiger partial charge in [0.1, 0.15) is 5.72 Å². The highest BCUT2D eigenvalue weighted by Crippen LogP contribution is 2.33. The lowest BCUT2D eigenvalue weighted by molar-refractivity contribution is -0.123. The molecule has 2 rings (SSSR count). The number of rotatable bonds is 0. The second kappa shape index (κ2) is 3.72. The number of nitrogens with zero attached hydrogens (tertiary/aromatic N) is 1. The first-order valence-electron chi connectivity index (χ1n) is 5.99. The van der Waals surface area contributed by atoms with Gasteiger partial charge in [-0.3, -0.25) is 5.32 Å². The number of likely N-dealkylation sites (N-methyl/N-ethyl adjacent to an activating group) is 1. The molecule has 2 aliphatic heterocycles. The van der Waals surface area contributed by atoms with E-state index in [0.717, 1.165) is 32.7 Å². The Morgan fingerprint density at radius 2 is 2.13 bits per heavy atom. The molecule has 0 aliphatic carbocycles. The molecule has 0 bridgehead atoms. The Morgan fingerprint density at radius 1 is 1.40 bits per heavy atom. The molecule has 2 atom stereocenters. The fourth-order valence-corrected chi connectivity index (χ4v) is 2.46. The van der Waals surface area contributed by atoms with Crippen molar-refractivity contribution >= 4 is 0 Å². The van der Waals surface area contributed by atoms with E-state index >= 15 is 0 Å². The van der Waals surface area contributed by atoms with Gasteiger partial charge < -0.3 is 9.64 Å². The third-order valence-corrected chi connectivity index (χ3v) is 3.88. The fraction of sp³-hybridized carbons (Fsp3) is 1.00. The number of ether oxygens (including phenoxy) is 1. The Kier molecular flexibility index (Phi) is 2.82. The second-order valence-electron chi connectivity index (χ2n) is 6.24. The molecule has 2 fully saturated rings. The molecular formula is C12H24N2O. The maximum Gasteiger partial charge on any atom is 0.133 e. The van der Waals surface area contributed by atoms with E-state index in [1.54, 1.807) is 0 Å². The second-order valence-corrected chi connectivity index (χ2v) is 6.24. The van der Waals surface area contributed by atoms with E-state index in [1.807, 2.05) is 0 Å². The van der Waals surface area contributed by atoms with E-state index in [0.29, 0.717) is 11.3 Å². The summed E-state index contributed by atoms with van der Waals surface area (Å²) in [4.78, 5) is 2.34. The molecule has 0 saturated carbocycles. The maximum absolute atomic E-state index is 6.08. The normalized spacial score (nSPS) is 38.8. The van der Waals surface area contributed by atoms with E-state index in [1.165, 1.54) is 0 Å². The summed E-state index contributed by atoms with van der Waals surface area (Å²) in [5.41, 5.74) is 0.315. The van der Waals surface area contributed by atoms with Gasteiger partial charge in [-0.25, -0.2) is 0 Å². The van der Waals surface area contributed by atoms with Crippen LogP contribution in [0.2, 0.25) is 0 Å². The molecule has 1 spiro atoms. The van der Waals surface area contributed by atoms with Crippen LogP contribution in [-0.4, -0.2) is 43.9 Å². The van der Waals surface area contributed by atoms with Crippen LogP contribution in [0.1, 0.15) is 27.2 Å². The molecular weight excluding hydrogens is 188 g/mol. The van der Waals surface area contributed by atoms with Crippen LogP contribution < -0.4 is 5.32 Å². The van der Waals surface area contributed by atoms with Crippen LogP contribution >= 0.6 is 0 Å². The first kappa shape index (κ1) is 11.4. The third-order valence-electron chi connectivity index (χ3n) is 3.88. The zero-order valence-electron chi connectivity index (χ0n) is 10.5. The molecule has 2 aliphatic rings. The topological polar surface area (TPSA) is 24.5 Å². The molecule has 0 aromatic heterocycles. The number of nitrogens with one attached hydrogen (secondary N) is 1. The summed E-state index contributed by atoms with van der Waals surface area (Å²) in [6.45, 7) is 11.1. The molecule has 0 aromatic rings. The summed E-state index contributed by atoms with van der Waals surface area (Å²) in [5, 5.41) is 3.62. The largest absolute Gasteiger partial charge is 0.359 e. The Morgan fingerprint density at radius 3 is 2.53 bits per heavy atom. The molecule has 0 aromatic carbocycles. The maximum atomic E-state index is 6.08. The molecule has 3 heteroatoms. The zero-order chi connectivity index (χ0) is 11.1. The number of hydrogen-bond acceptors (Lipinski definition) is 3. The van der Waals surface area contributed by atoms with Crippen molar-refractivity contribution in [2.45, 2.75) is 32.9 Å². The lowest BCUT2D eigenvalue weighted by Gasteiger charge is -2.43. The average molecular weight is 212 g/mol. The van der Waals surface area contributed by atoms with Crippen LogP contribution in [0.3, 0.4) is 0 Å². The molecule has 1 N–H and O–H groups in total. The predicted molar refractivity (Wildman–Crippen MR) is 61.7 cm³/mol. The van der Waals surface area contributed by atoms with Gasteiger partial charge in [0.2, 0.25) is 0 Å². The van der Waals surface area contributed by atoms with Crippen molar-refractivity contribution in [1.82, 2.24) is 10.2 Å². The summed E-state index contributed by atoms with van der Waals surface area (Å²) in [6, 6.07) is 0. The van der Waals surface area contributed by atoms with E-state index in [9.17, 15) is 0 Å². The predicted octanol–water partition coefficient (Wildman–Crippen LogP) is 1.30. The van der Waals surface area contributed by atoms with Gasteiger partial charge >= 0.3 is 0 Å². The van der Waals surface area contributed by atoms with Gasteiger partial charge in [-0.1, -0.05) is 20.8 Å². The summed E-state index contributed by atoms with van der Waals surface area (Å²) in [7, 11) is 2.16. The standard InChI is InChI=1S/C12H24N2O/c1-11(2,3)10-7-13-12(15-8-10)5-6-14(4)9-12/h10,13H,5-9H2,1-4H3. The molecule has 2 heterocycles. The van der Waals surface area contributed by atoms with Crippen molar-refractivity contribution in [3.05, 3.63) is 0 Å². The SMILES string of the molecule is CN1CCC2(C1)NCC(C(C)(C)C)CO2. The Hall–Kier alpha value is -0.120. The van der Waals surface area contributed by atoms with Crippen LogP contribution in [-0.2, 0) is 4.74 Å². The fourth-order valence-electron chi connectivity index (χ4n) is 2.46. The molecule has 2 saturated heterocycles. The molecule has 0 radical (unpaired) electrons. The monoisotopic (exact) mass is 212 g/mol. The van der Waals surface area contributed by atoms with Gasteiger partial charge in [-0.05, 0) is 18.4 Å². The minimum atomic E-state index is -0.0313. The summed E-state index contributed by atoms with van der Waals surface area (Å²) in [5.74, 6) is 0.633. The van der Waals surface area contributed by atoms with Crippen LogP contribution in [0.15, 0.2) is 0 Å². The first-order chi connectivity index (χ1) is 6.91. The highest BCUT2D eigenvalue weighted by atomic mass is 16.5. The Bertz CT molecular complexity index is 226. The van der Waals surface area contributed by atoms with Gasteiger partial charge in [0, 0.05) is 26.1 Å². The summed E-state index contributed by atoms with van der Waals surface area (Å²) >= 11 is 0. The van der Waals surface area contributed by atoms with E-state index in [4.69, 9.17) is 4.74 Å². The molecule has 0 amide bonds. The van der Waals surface area contributed by atoms with Crippen LogP contribution in [0.4, 0.5) is 0 Å². The Labute approximate surface area is 93.2 Å². The van der Waals surface area contributed by atoms with Crippen LogP contribution in [0.5, 0.6) is 0 Å². The summed E-state index contributed by atoms with van der Waals surface area (Å²) in [6.07, 6.45) is 1.13. The molecule has 2 unspecified atom stereocenters. The van der Waals surface area contributed by atoms with E-state index in [2.05, 4.69) is 38.0 Å². The van der Waals surface area contributed by atoms with E-state index < -0.39 is 0 Å². The number of likely N-dealkylation sites (tertiary alicyclic amines) is 1. The van der Waals surface area contributed by atoms with Crippen molar-refractivity contribution in [2.24, 2.45) is 11.3 Å². The van der Waals surface area contributed by atoms with Crippen molar-refractivity contribution in [1.29, 1.82) is 0 Å². The summed E-state index contributed by atoms with van der Waals surface area (Å²) < 4.78 is 6.08. The van der Waals surface area contributed by atoms with Gasteiger partial charge in [0.25, 0.3) is 0 Å². The minimum absolute atomic E-state index is 0.0313. The molecule has 15 heavy (non-hydrogen) atoms. The van der Waals surface area contributed by atoms with Gasteiger partial charge in [0.15, 0.2) is 0 Å². The van der Waals surface area contributed by atoms with Gasteiger partial charge in [-0.15, -0.1) is 0 Å². The zero-order valence-corrected chi connectivity index (χ0v) is 10.5. The van der Waals surface area contributed by atoms with Crippen molar-refractivity contribution in [2.75, 3.05) is 33.3 Å². The smallest absolute Gasteiger partial charge is 0.133 e.